The van der Waals surface area contributed by atoms with Crippen LogP contribution in [-0.2, 0) is 9.59 Å². The molecule has 3 aromatic carbocycles. The molecule has 1 aliphatic carbocycles. The number of halogens is 1. The second kappa shape index (κ2) is 11.0. The lowest BCUT2D eigenvalue weighted by Gasteiger charge is -2.10. The highest BCUT2D eigenvalue weighted by Crippen LogP contribution is 2.37. The zero-order valence-electron chi connectivity index (χ0n) is 20.6. The summed E-state index contributed by atoms with van der Waals surface area (Å²) in [7, 11) is 0. The van der Waals surface area contributed by atoms with E-state index in [2.05, 4.69) is 10.3 Å². The molecule has 5 aromatic rings. The molecule has 1 aliphatic heterocycles. The minimum absolute atomic E-state index is 0.0949. The Bertz CT molecular complexity index is 1740. The minimum Gasteiger partial charge on any atom is -0.380 e. The lowest BCUT2D eigenvalue weighted by molar-refractivity contribution is -0.120. The number of benzene rings is 3. The summed E-state index contributed by atoms with van der Waals surface area (Å²) in [5.41, 5.74) is 8.20. The average molecular weight is 524 g/mol. The fraction of sp³-hybridized carbons (Fsp3) is 0.138. The summed E-state index contributed by atoms with van der Waals surface area (Å²) in [6.07, 6.45) is 3.30. The number of fused-ring (bicyclic) bond motifs is 2. The van der Waals surface area contributed by atoms with Crippen molar-refractivity contribution >= 4 is 45.4 Å². The number of nitriles is 1. The third kappa shape index (κ3) is 4.98. The molecule has 0 radical (unpaired) electrons. The van der Waals surface area contributed by atoms with Crippen molar-refractivity contribution in [2.45, 2.75) is 25.7 Å². The minimum atomic E-state index is -0.458. The van der Waals surface area contributed by atoms with Crippen molar-refractivity contribution in [1.29, 1.82) is 5.26 Å². The molecule has 0 saturated carbocycles. The fourth-order valence-electron chi connectivity index (χ4n) is 4.42. The Labute approximate surface area is 221 Å². The Balaban J connectivity index is 0.000000135. The van der Waals surface area contributed by atoms with E-state index in [4.69, 9.17) is 20.0 Å². The van der Waals surface area contributed by atoms with Crippen LogP contribution in [0.1, 0.15) is 31.2 Å². The van der Waals surface area contributed by atoms with Gasteiger partial charge in [0.25, 0.3) is 11.8 Å². The molecule has 2 amide bonds. The van der Waals surface area contributed by atoms with Crippen molar-refractivity contribution in [3.05, 3.63) is 95.3 Å². The number of aromatic nitrogens is 2. The van der Waals surface area contributed by atoms with Crippen LogP contribution < -0.4 is 10.6 Å². The van der Waals surface area contributed by atoms with Gasteiger partial charge in [-0.1, -0.05) is 46.7 Å². The van der Waals surface area contributed by atoms with Crippen molar-refractivity contribution < 1.29 is 23.0 Å². The Kier molecular flexibility index (Phi) is 7.14. The van der Waals surface area contributed by atoms with E-state index in [-0.39, 0.29) is 17.4 Å². The first-order chi connectivity index (χ1) is 19.0. The first kappa shape index (κ1) is 25.4. The summed E-state index contributed by atoms with van der Waals surface area (Å²) >= 11 is 0. The number of hydrogen-bond donors (Lipinski definition) is 1. The molecule has 39 heavy (non-hydrogen) atoms. The summed E-state index contributed by atoms with van der Waals surface area (Å²) < 4.78 is 22.4. The standard InChI is InChI=1S/C15H12N2O3.C7H4FN.C7H6N2O/c18-14-9-5-1-2-6-10(9)15(19)17(14)13-11-7-3-4-8-12(11)20-16-13;8-7-4-2-1-3-6(7)5-9;8-7-5-3-1-2-4-6(5)10-9-7/h3-4,7-8H,1-2,5-6H2;1-4H;1-4H,(H2,8,9). The van der Waals surface area contributed by atoms with E-state index >= 15 is 0 Å². The highest BCUT2D eigenvalue weighted by atomic mass is 19.1. The number of imide groups is 1. The van der Waals surface area contributed by atoms with Crippen molar-refractivity contribution in [2.24, 2.45) is 0 Å². The number of nitrogens with zero attached hydrogens (tertiary/aromatic N) is 4. The molecule has 194 valence electrons. The summed E-state index contributed by atoms with van der Waals surface area (Å²) in [6, 6.07) is 22.3. The van der Waals surface area contributed by atoms with Gasteiger partial charge >= 0.3 is 0 Å². The number of amides is 2. The number of anilines is 2. The van der Waals surface area contributed by atoms with E-state index in [0.717, 1.165) is 23.8 Å². The van der Waals surface area contributed by atoms with E-state index in [1.165, 1.54) is 17.0 Å². The van der Waals surface area contributed by atoms with Crippen molar-refractivity contribution in [2.75, 3.05) is 10.6 Å². The van der Waals surface area contributed by atoms with E-state index in [0.29, 0.717) is 46.6 Å². The van der Waals surface area contributed by atoms with Gasteiger partial charge in [-0.25, -0.2) is 9.29 Å². The molecule has 0 atom stereocenters. The maximum atomic E-state index is 12.5. The largest absolute Gasteiger partial charge is 0.380 e. The molecular formula is C29H22FN5O4. The molecule has 0 bridgehead atoms. The number of carbonyl (C=O) groups excluding carboxylic acids is 2. The molecule has 7 rings (SSSR count). The van der Waals surface area contributed by atoms with Crippen LogP contribution in [-0.4, -0.2) is 22.1 Å². The molecule has 3 heterocycles. The van der Waals surface area contributed by atoms with Gasteiger partial charge in [-0.15, -0.1) is 0 Å². The summed E-state index contributed by atoms with van der Waals surface area (Å²) in [5, 5.41) is 17.3. The Hall–Kier alpha value is -5.30. The lowest BCUT2D eigenvalue weighted by Crippen LogP contribution is -2.31. The molecule has 2 aromatic heterocycles. The zero-order valence-corrected chi connectivity index (χ0v) is 20.6. The van der Waals surface area contributed by atoms with E-state index in [1.807, 2.05) is 36.4 Å². The number of carbonyl (C=O) groups is 2. The number of hydrogen-bond acceptors (Lipinski definition) is 8. The monoisotopic (exact) mass is 523 g/mol. The first-order valence-electron chi connectivity index (χ1n) is 12.2. The van der Waals surface area contributed by atoms with Gasteiger partial charge in [0.2, 0.25) is 0 Å². The lowest BCUT2D eigenvalue weighted by atomic mass is 9.93. The first-order valence-corrected chi connectivity index (χ1v) is 12.2. The van der Waals surface area contributed by atoms with E-state index in [9.17, 15) is 14.0 Å². The van der Waals surface area contributed by atoms with Gasteiger partial charge in [-0.2, -0.15) is 5.26 Å². The van der Waals surface area contributed by atoms with Gasteiger partial charge in [0, 0.05) is 11.1 Å². The van der Waals surface area contributed by atoms with Gasteiger partial charge in [-0.3, -0.25) is 9.59 Å². The smallest absolute Gasteiger partial charge is 0.263 e. The van der Waals surface area contributed by atoms with Crippen molar-refractivity contribution in [1.82, 2.24) is 10.3 Å². The van der Waals surface area contributed by atoms with Crippen molar-refractivity contribution in [3.8, 4) is 6.07 Å². The number of nitrogen functional groups attached to an aromatic ring is 1. The predicted octanol–water partition coefficient (Wildman–Crippen LogP) is 5.68. The number of nitrogens with two attached hydrogens (primary N) is 1. The van der Waals surface area contributed by atoms with E-state index < -0.39 is 5.82 Å². The molecule has 10 heteroatoms. The third-order valence-electron chi connectivity index (χ3n) is 6.36. The van der Waals surface area contributed by atoms with Crippen LogP contribution in [0, 0.1) is 17.1 Å². The number of rotatable bonds is 1. The van der Waals surface area contributed by atoms with Gasteiger partial charge in [0.15, 0.2) is 22.8 Å². The van der Waals surface area contributed by atoms with Crippen LogP contribution in [0.15, 0.2) is 93.0 Å². The molecule has 0 spiro atoms. The molecule has 2 aliphatic rings. The van der Waals surface area contributed by atoms with Crippen LogP contribution >= 0.6 is 0 Å². The van der Waals surface area contributed by atoms with E-state index in [1.54, 1.807) is 30.3 Å². The Morgan fingerprint density at radius 1 is 0.795 bits per heavy atom. The maximum Gasteiger partial charge on any atom is 0.263 e. The SMILES string of the molecule is N#Cc1ccccc1F.Nc1noc2ccccc12.O=C1C2=C(CCCC2)C(=O)N1c1noc2ccccc12. The van der Waals surface area contributed by atoms with Crippen LogP contribution in [0.4, 0.5) is 16.0 Å². The van der Waals surface area contributed by atoms with Gasteiger partial charge in [0.1, 0.15) is 11.9 Å². The van der Waals surface area contributed by atoms with Gasteiger partial charge < -0.3 is 14.8 Å². The Morgan fingerprint density at radius 3 is 1.92 bits per heavy atom. The van der Waals surface area contributed by atoms with Crippen LogP contribution in [0.25, 0.3) is 21.9 Å². The highest BCUT2D eigenvalue weighted by molar-refractivity contribution is 6.34. The van der Waals surface area contributed by atoms with Crippen LogP contribution in [0.3, 0.4) is 0 Å². The second-order valence-electron chi connectivity index (χ2n) is 8.77. The number of para-hydroxylation sites is 2. The summed E-state index contributed by atoms with van der Waals surface area (Å²) in [4.78, 5) is 26.1. The Morgan fingerprint density at radius 2 is 1.33 bits per heavy atom. The highest BCUT2D eigenvalue weighted by Gasteiger charge is 2.41. The summed E-state index contributed by atoms with van der Waals surface area (Å²) in [6.45, 7) is 0. The second-order valence-corrected chi connectivity index (χ2v) is 8.77. The average Bonchev–Trinajstić information content (AvgIpc) is 3.64. The summed E-state index contributed by atoms with van der Waals surface area (Å²) in [5.74, 6) is -0.159. The molecule has 2 N–H and O–H groups in total. The van der Waals surface area contributed by atoms with Crippen LogP contribution in [0.2, 0.25) is 0 Å². The molecule has 9 nitrogen and oxygen atoms in total. The topological polar surface area (TPSA) is 139 Å². The molecule has 0 unspecified atom stereocenters. The fourth-order valence-corrected chi connectivity index (χ4v) is 4.42. The predicted molar refractivity (Wildman–Crippen MR) is 142 cm³/mol. The molecule has 0 fully saturated rings. The zero-order chi connectivity index (χ0) is 27.4. The quantitative estimate of drug-likeness (QED) is 0.277. The normalized spacial score (nSPS) is 14.4. The van der Waals surface area contributed by atoms with Gasteiger partial charge in [0.05, 0.1) is 16.3 Å². The van der Waals surface area contributed by atoms with Crippen molar-refractivity contribution in [3.63, 3.8) is 0 Å². The molecular weight excluding hydrogens is 501 g/mol. The maximum absolute atomic E-state index is 12.5. The molecule has 0 saturated heterocycles. The van der Waals surface area contributed by atoms with Crippen LogP contribution in [0.5, 0.6) is 0 Å². The third-order valence-corrected chi connectivity index (χ3v) is 6.36. The van der Waals surface area contributed by atoms with Gasteiger partial charge in [-0.05, 0) is 62.1 Å².